The Morgan fingerprint density at radius 1 is 1.43 bits per heavy atom. The van der Waals surface area contributed by atoms with Crippen molar-refractivity contribution in [1.82, 2.24) is 4.90 Å². The smallest absolute Gasteiger partial charge is 0.420 e. The van der Waals surface area contributed by atoms with E-state index in [1.54, 1.807) is 0 Å². The Bertz CT molecular complexity index is 520. The van der Waals surface area contributed by atoms with Crippen LogP contribution in [-0.2, 0) is 6.18 Å². The van der Waals surface area contributed by atoms with Crippen molar-refractivity contribution < 1.29 is 23.0 Å². The average molecular weight is 304 g/mol. The SMILES string of the molecule is COc1c(C(F)(F)F)ccc(C2CC(CN)CN2C)c1O. The highest BCUT2D eigenvalue weighted by atomic mass is 19.4. The highest BCUT2D eigenvalue weighted by molar-refractivity contribution is 5.53. The first-order valence-corrected chi connectivity index (χ1v) is 6.67. The highest BCUT2D eigenvalue weighted by Gasteiger charge is 2.38. The van der Waals surface area contributed by atoms with Crippen LogP contribution >= 0.6 is 0 Å². The van der Waals surface area contributed by atoms with E-state index in [4.69, 9.17) is 10.5 Å². The quantitative estimate of drug-likeness (QED) is 0.900. The fourth-order valence-corrected chi connectivity index (χ4v) is 2.93. The largest absolute Gasteiger partial charge is 0.504 e. The molecule has 3 N–H and O–H groups in total. The van der Waals surface area contributed by atoms with Gasteiger partial charge < -0.3 is 15.6 Å². The molecule has 1 fully saturated rings. The van der Waals surface area contributed by atoms with Crippen LogP contribution in [-0.4, -0.2) is 37.3 Å². The van der Waals surface area contributed by atoms with Crippen LogP contribution in [0, 0.1) is 5.92 Å². The van der Waals surface area contributed by atoms with Gasteiger partial charge in [0.25, 0.3) is 0 Å². The van der Waals surface area contributed by atoms with Crippen molar-refractivity contribution in [3.05, 3.63) is 23.3 Å². The number of nitrogens with two attached hydrogens (primary N) is 1. The number of hydrogen-bond acceptors (Lipinski definition) is 4. The van der Waals surface area contributed by atoms with E-state index in [-0.39, 0.29) is 12.0 Å². The predicted octanol–water partition coefficient (Wildman–Crippen LogP) is 2.37. The molecule has 0 spiro atoms. The van der Waals surface area contributed by atoms with Gasteiger partial charge in [-0.05, 0) is 32.0 Å². The monoisotopic (exact) mass is 304 g/mol. The van der Waals surface area contributed by atoms with Gasteiger partial charge in [0.15, 0.2) is 11.5 Å². The third kappa shape index (κ3) is 2.94. The lowest BCUT2D eigenvalue weighted by Gasteiger charge is -2.23. The summed E-state index contributed by atoms with van der Waals surface area (Å²) in [7, 11) is 2.99. The number of halogens is 3. The number of methoxy groups -OCH3 is 1. The van der Waals surface area contributed by atoms with Gasteiger partial charge >= 0.3 is 6.18 Å². The van der Waals surface area contributed by atoms with Crippen LogP contribution in [0.4, 0.5) is 13.2 Å². The van der Waals surface area contributed by atoms with E-state index in [2.05, 4.69) is 0 Å². The number of nitrogens with zero attached hydrogens (tertiary/aromatic N) is 1. The zero-order valence-electron chi connectivity index (χ0n) is 11.9. The van der Waals surface area contributed by atoms with E-state index in [0.29, 0.717) is 18.5 Å². The summed E-state index contributed by atoms with van der Waals surface area (Å²) in [5.41, 5.74) is 5.12. The Balaban J connectivity index is 2.43. The summed E-state index contributed by atoms with van der Waals surface area (Å²) >= 11 is 0. The summed E-state index contributed by atoms with van der Waals surface area (Å²) in [6.45, 7) is 1.27. The lowest BCUT2D eigenvalue weighted by Crippen LogP contribution is -2.21. The second kappa shape index (κ2) is 5.73. The molecule has 0 saturated carbocycles. The Hall–Kier alpha value is -1.47. The van der Waals surface area contributed by atoms with Gasteiger partial charge in [-0.1, -0.05) is 6.07 Å². The molecule has 0 aromatic heterocycles. The summed E-state index contributed by atoms with van der Waals surface area (Å²) in [5.74, 6) is -0.695. The molecule has 4 nitrogen and oxygen atoms in total. The number of ether oxygens (including phenoxy) is 1. The number of hydrogen-bond donors (Lipinski definition) is 2. The standard InChI is InChI=1S/C14H19F3N2O2/c1-19-7-8(6-18)5-11(19)9-3-4-10(14(15,16)17)13(21-2)12(9)20/h3-4,8,11,20H,5-7,18H2,1-2H3. The highest BCUT2D eigenvalue weighted by Crippen LogP contribution is 2.47. The fourth-order valence-electron chi connectivity index (χ4n) is 2.93. The zero-order valence-corrected chi connectivity index (χ0v) is 11.9. The molecule has 0 amide bonds. The van der Waals surface area contributed by atoms with E-state index in [1.807, 2.05) is 11.9 Å². The molecule has 1 heterocycles. The van der Waals surface area contributed by atoms with Crippen molar-refractivity contribution in [3.63, 3.8) is 0 Å². The van der Waals surface area contributed by atoms with E-state index in [1.165, 1.54) is 6.07 Å². The molecule has 1 saturated heterocycles. The average Bonchev–Trinajstić information content (AvgIpc) is 2.78. The molecule has 7 heteroatoms. The van der Waals surface area contributed by atoms with Crippen molar-refractivity contribution in [2.45, 2.75) is 18.6 Å². The first-order valence-electron chi connectivity index (χ1n) is 6.67. The molecule has 1 aliphatic heterocycles. The number of phenols is 1. The lowest BCUT2D eigenvalue weighted by atomic mass is 9.97. The van der Waals surface area contributed by atoms with Crippen molar-refractivity contribution in [2.24, 2.45) is 11.7 Å². The Labute approximate surface area is 121 Å². The van der Waals surface area contributed by atoms with Crippen molar-refractivity contribution >= 4 is 0 Å². The normalized spacial score (nSPS) is 23.5. The van der Waals surface area contributed by atoms with Crippen LogP contribution in [0.25, 0.3) is 0 Å². The van der Waals surface area contributed by atoms with Crippen LogP contribution in [0.5, 0.6) is 11.5 Å². The molecule has 0 radical (unpaired) electrons. The number of aromatic hydroxyl groups is 1. The van der Waals surface area contributed by atoms with Crippen LogP contribution < -0.4 is 10.5 Å². The van der Waals surface area contributed by atoms with Gasteiger partial charge in [0, 0.05) is 18.2 Å². The number of benzene rings is 1. The van der Waals surface area contributed by atoms with Crippen LogP contribution in [0.2, 0.25) is 0 Å². The molecule has 2 rings (SSSR count). The van der Waals surface area contributed by atoms with Crippen molar-refractivity contribution in [3.8, 4) is 11.5 Å². The molecule has 21 heavy (non-hydrogen) atoms. The molecule has 2 atom stereocenters. The first-order chi connectivity index (χ1) is 9.79. The zero-order chi connectivity index (χ0) is 15.8. The molecule has 0 aliphatic carbocycles. The first kappa shape index (κ1) is 15.9. The molecular weight excluding hydrogens is 285 g/mol. The molecule has 118 valence electrons. The number of alkyl halides is 3. The molecule has 2 unspecified atom stereocenters. The molecule has 1 aliphatic rings. The van der Waals surface area contributed by atoms with Crippen molar-refractivity contribution in [1.29, 1.82) is 0 Å². The molecule has 0 bridgehead atoms. The summed E-state index contributed by atoms with van der Waals surface area (Å²) in [6, 6.07) is 2.12. The fraction of sp³-hybridized carbons (Fsp3) is 0.571. The Kier molecular flexibility index (Phi) is 4.34. The minimum atomic E-state index is -4.57. The van der Waals surface area contributed by atoms with Crippen molar-refractivity contribution in [2.75, 3.05) is 27.2 Å². The summed E-state index contributed by atoms with van der Waals surface area (Å²) in [4.78, 5) is 1.99. The summed E-state index contributed by atoms with van der Waals surface area (Å²) in [5, 5.41) is 10.2. The summed E-state index contributed by atoms with van der Waals surface area (Å²) < 4.78 is 43.5. The van der Waals surface area contributed by atoms with Gasteiger partial charge in [-0.15, -0.1) is 0 Å². The van der Waals surface area contributed by atoms with Gasteiger partial charge in [0.2, 0.25) is 0 Å². The summed E-state index contributed by atoms with van der Waals surface area (Å²) in [6.07, 6.45) is -3.86. The van der Waals surface area contributed by atoms with E-state index in [0.717, 1.165) is 19.7 Å². The third-order valence-electron chi connectivity index (χ3n) is 4.00. The number of rotatable bonds is 3. The van der Waals surface area contributed by atoms with Gasteiger partial charge in [-0.3, -0.25) is 4.90 Å². The third-order valence-corrected chi connectivity index (χ3v) is 4.00. The minimum absolute atomic E-state index is 0.158. The van der Waals surface area contributed by atoms with E-state index >= 15 is 0 Å². The Morgan fingerprint density at radius 2 is 2.10 bits per heavy atom. The number of phenolic OH excluding ortho intramolecular Hbond substituents is 1. The van der Waals surface area contributed by atoms with Crippen LogP contribution in [0.3, 0.4) is 0 Å². The maximum atomic E-state index is 12.9. The minimum Gasteiger partial charge on any atom is -0.504 e. The second-order valence-electron chi connectivity index (χ2n) is 5.37. The lowest BCUT2D eigenvalue weighted by molar-refractivity contribution is -0.138. The van der Waals surface area contributed by atoms with Crippen LogP contribution in [0.1, 0.15) is 23.6 Å². The molecular formula is C14H19F3N2O2. The molecule has 1 aromatic rings. The van der Waals surface area contributed by atoms with Gasteiger partial charge in [-0.2, -0.15) is 13.2 Å². The van der Waals surface area contributed by atoms with E-state index < -0.39 is 23.2 Å². The van der Waals surface area contributed by atoms with Gasteiger partial charge in [0.05, 0.1) is 7.11 Å². The van der Waals surface area contributed by atoms with Gasteiger partial charge in [-0.25, -0.2) is 0 Å². The van der Waals surface area contributed by atoms with Gasteiger partial charge in [0.1, 0.15) is 5.56 Å². The van der Waals surface area contributed by atoms with E-state index in [9.17, 15) is 18.3 Å². The second-order valence-corrected chi connectivity index (χ2v) is 5.37. The maximum absolute atomic E-state index is 12.9. The predicted molar refractivity (Wildman–Crippen MR) is 72.2 cm³/mol. The Morgan fingerprint density at radius 3 is 2.57 bits per heavy atom. The molecule has 1 aromatic carbocycles. The topological polar surface area (TPSA) is 58.7 Å². The van der Waals surface area contributed by atoms with Crippen LogP contribution in [0.15, 0.2) is 12.1 Å². The number of likely N-dealkylation sites (tertiary alicyclic amines) is 1. The maximum Gasteiger partial charge on any atom is 0.420 e.